The Balaban J connectivity index is 1.62. The van der Waals surface area contributed by atoms with Gasteiger partial charge in [0.05, 0.1) is 19.6 Å². The molecule has 0 bridgehead atoms. The van der Waals surface area contributed by atoms with Gasteiger partial charge in [-0.25, -0.2) is 22.6 Å². The largest absolute Gasteiger partial charge is 0.346 e. The van der Waals surface area contributed by atoms with E-state index in [1.165, 1.54) is 15.5 Å². The molecule has 138 valence electrons. The summed E-state index contributed by atoms with van der Waals surface area (Å²) < 4.78 is 42.0. The number of fused-ring (bicyclic) bond motifs is 1. The first kappa shape index (κ1) is 16.9. The lowest BCUT2D eigenvalue weighted by Gasteiger charge is -2.37. The van der Waals surface area contributed by atoms with Crippen LogP contribution in [0.2, 0.25) is 0 Å². The van der Waals surface area contributed by atoms with E-state index in [1.54, 1.807) is 0 Å². The van der Waals surface area contributed by atoms with Gasteiger partial charge in [-0.1, -0.05) is 6.07 Å². The molecule has 0 radical (unpaired) electrons. The highest BCUT2D eigenvalue weighted by molar-refractivity contribution is 5.81. The monoisotopic (exact) mass is 366 g/mol. The number of benzene rings is 1. The number of aryl methyl sites for hydroxylation is 1. The summed E-state index contributed by atoms with van der Waals surface area (Å²) in [5.74, 6) is -1.74. The molecule has 4 rings (SSSR count). The van der Waals surface area contributed by atoms with Gasteiger partial charge in [0.15, 0.2) is 11.6 Å². The van der Waals surface area contributed by atoms with Crippen molar-refractivity contribution in [2.45, 2.75) is 38.0 Å². The molecule has 26 heavy (non-hydrogen) atoms. The first-order valence-electron chi connectivity index (χ1n) is 8.49. The van der Waals surface area contributed by atoms with E-state index < -0.39 is 29.5 Å². The highest BCUT2D eigenvalue weighted by Crippen LogP contribution is 2.26. The number of carbonyl (C=O) groups is 1. The molecule has 0 aliphatic carbocycles. The summed E-state index contributed by atoms with van der Waals surface area (Å²) in [4.78, 5) is 26.7. The first-order chi connectivity index (χ1) is 12.4. The Bertz CT molecular complexity index is 917. The van der Waals surface area contributed by atoms with Crippen LogP contribution >= 0.6 is 0 Å². The van der Waals surface area contributed by atoms with E-state index >= 15 is 0 Å². The fraction of sp³-hybridized carbons (Fsp3) is 0.471. The van der Waals surface area contributed by atoms with E-state index in [2.05, 4.69) is 5.10 Å². The van der Waals surface area contributed by atoms with Gasteiger partial charge in [0.2, 0.25) is 5.91 Å². The maximum atomic E-state index is 13.4. The van der Waals surface area contributed by atoms with Crippen LogP contribution in [0.5, 0.6) is 0 Å². The second-order valence-corrected chi connectivity index (χ2v) is 6.72. The van der Waals surface area contributed by atoms with Gasteiger partial charge < -0.3 is 4.90 Å². The molecule has 1 atom stereocenters. The molecular weight excluding hydrogens is 349 g/mol. The van der Waals surface area contributed by atoms with Crippen molar-refractivity contribution in [3.63, 3.8) is 0 Å². The minimum atomic E-state index is -1.00. The summed E-state index contributed by atoms with van der Waals surface area (Å²) in [5, 5.41) is 4.25. The highest BCUT2D eigenvalue weighted by Gasteiger charge is 2.38. The van der Waals surface area contributed by atoms with E-state index in [1.807, 2.05) is 0 Å². The van der Waals surface area contributed by atoms with Gasteiger partial charge in [0, 0.05) is 6.42 Å². The number of aromatic nitrogens is 3. The van der Waals surface area contributed by atoms with Gasteiger partial charge in [0.1, 0.15) is 18.0 Å². The quantitative estimate of drug-likeness (QED) is 0.826. The lowest BCUT2D eigenvalue weighted by atomic mass is 10.0. The maximum absolute atomic E-state index is 13.4. The van der Waals surface area contributed by atoms with E-state index in [4.69, 9.17) is 0 Å². The molecule has 2 aliphatic heterocycles. The minimum absolute atomic E-state index is 0.0206. The zero-order valence-electron chi connectivity index (χ0n) is 13.9. The molecule has 2 aromatic rings. The average molecular weight is 366 g/mol. The van der Waals surface area contributed by atoms with Crippen molar-refractivity contribution in [1.29, 1.82) is 0 Å². The molecule has 0 unspecified atom stereocenters. The van der Waals surface area contributed by atoms with E-state index in [-0.39, 0.29) is 25.5 Å². The molecular formula is C17H17F3N4O2. The normalized spacial score (nSPS) is 20.0. The van der Waals surface area contributed by atoms with Gasteiger partial charge in [-0.3, -0.25) is 9.36 Å². The smallest absolute Gasteiger partial charge is 0.335 e. The Morgan fingerprint density at radius 1 is 1.23 bits per heavy atom. The number of likely N-dealkylation sites (tertiary alicyclic amines) is 1. The summed E-state index contributed by atoms with van der Waals surface area (Å²) in [5.41, 5.74) is -0.0764. The summed E-state index contributed by atoms with van der Waals surface area (Å²) in [6.45, 7) is 0.0953. The van der Waals surface area contributed by atoms with Crippen molar-refractivity contribution < 1.29 is 18.0 Å². The number of hydrogen-bond acceptors (Lipinski definition) is 3. The standard InChI is InChI=1S/C17H17F3N4O2/c18-11-8-22(9-11)16(25)14-2-1-3-15-21-23(17(26)24(14)15)7-10-4-5-12(19)13(20)6-10/h4-6,11,14H,1-3,7-9H2/t14-/m0/s1. The third kappa shape index (κ3) is 2.81. The third-order valence-electron chi connectivity index (χ3n) is 4.88. The van der Waals surface area contributed by atoms with Crippen molar-refractivity contribution in [2.75, 3.05) is 13.1 Å². The zero-order valence-corrected chi connectivity index (χ0v) is 13.9. The van der Waals surface area contributed by atoms with Crippen molar-refractivity contribution in [3.05, 3.63) is 51.7 Å². The number of nitrogens with zero attached hydrogens (tertiary/aromatic N) is 4. The molecule has 1 aromatic heterocycles. The topological polar surface area (TPSA) is 60.1 Å². The van der Waals surface area contributed by atoms with Crippen LogP contribution in [0.25, 0.3) is 0 Å². The number of alkyl halides is 1. The third-order valence-corrected chi connectivity index (χ3v) is 4.88. The van der Waals surface area contributed by atoms with E-state index in [9.17, 15) is 22.8 Å². The van der Waals surface area contributed by atoms with E-state index in [0.29, 0.717) is 30.7 Å². The minimum Gasteiger partial charge on any atom is -0.335 e. The van der Waals surface area contributed by atoms with Crippen molar-refractivity contribution in [2.24, 2.45) is 0 Å². The first-order valence-corrected chi connectivity index (χ1v) is 8.49. The molecule has 9 heteroatoms. The molecule has 1 aromatic carbocycles. The van der Waals surface area contributed by atoms with Crippen LogP contribution in [0.1, 0.15) is 30.3 Å². The Kier molecular flexibility index (Phi) is 4.08. The van der Waals surface area contributed by atoms with Crippen molar-refractivity contribution in [3.8, 4) is 0 Å². The predicted molar refractivity (Wildman–Crippen MR) is 85.4 cm³/mol. The van der Waals surface area contributed by atoms with Crippen molar-refractivity contribution in [1.82, 2.24) is 19.2 Å². The van der Waals surface area contributed by atoms with Crippen molar-refractivity contribution >= 4 is 5.91 Å². The number of carbonyl (C=O) groups excluding carboxylic acids is 1. The van der Waals surface area contributed by atoms with Crippen LogP contribution in [0.3, 0.4) is 0 Å². The summed E-state index contributed by atoms with van der Waals surface area (Å²) in [7, 11) is 0. The molecule has 0 N–H and O–H groups in total. The average Bonchev–Trinajstić information content (AvgIpc) is 2.91. The van der Waals surface area contributed by atoms with Gasteiger partial charge in [-0.05, 0) is 30.5 Å². The molecule has 1 fully saturated rings. The molecule has 3 heterocycles. The van der Waals surface area contributed by atoms with Crippen LogP contribution in [0.4, 0.5) is 13.2 Å². The highest BCUT2D eigenvalue weighted by atomic mass is 19.2. The van der Waals surface area contributed by atoms with Crippen LogP contribution in [-0.2, 0) is 17.8 Å². The summed E-state index contributed by atoms with van der Waals surface area (Å²) in [6.07, 6.45) is 0.742. The maximum Gasteiger partial charge on any atom is 0.346 e. The second kappa shape index (κ2) is 6.30. The van der Waals surface area contributed by atoms with E-state index in [0.717, 1.165) is 16.8 Å². The Hall–Kier alpha value is -2.58. The number of rotatable bonds is 3. The predicted octanol–water partition coefficient (Wildman–Crippen LogP) is 1.43. The van der Waals surface area contributed by atoms with Crippen LogP contribution in [0.15, 0.2) is 23.0 Å². The van der Waals surface area contributed by atoms with Gasteiger partial charge >= 0.3 is 5.69 Å². The molecule has 1 saturated heterocycles. The second-order valence-electron chi connectivity index (χ2n) is 6.72. The Morgan fingerprint density at radius 3 is 2.69 bits per heavy atom. The molecule has 6 nitrogen and oxygen atoms in total. The lowest BCUT2D eigenvalue weighted by molar-refractivity contribution is -0.142. The number of amides is 1. The Morgan fingerprint density at radius 2 is 2.00 bits per heavy atom. The Labute approximate surface area is 146 Å². The van der Waals surface area contributed by atoms with Gasteiger partial charge in [0.25, 0.3) is 0 Å². The summed E-state index contributed by atoms with van der Waals surface area (Å²) in [6, 6.07) is 2.71. The fourth-order valence-corrected chi connectivity index (χ4v) is 3.49. The molecule has 0 spiro atoms. The fourth-order valence-electron chi connectivity index (χ4n) is 3.49. The SMILES string of the molecule is O=C([C@@H]1CCCc2nn(Cc3ccc(F)c(F)c3)c(=O)n21)N1CC(F)C1. The van der Waals surface area contributed by atoms with Gasteiger partial charge in [-0.15, -0.1) is 0 Å². The molecule has 1 amide bonds. The van der Waals surface area contributed by atoms with Crippen LogP contribution in [0, 0.1) is 11.6 Å². The molecule has 2 aliphatic rings. The van der Waals surface area contributed by atoms with Gasteiger partial charge in [-0.2, -0.15) is 5.10 Å². The number of halogens is 3. The zero-order chi connectivity index (χ0) is 18.4. The summed E-state index contributed by atoms with van der Waals surface area (Å²) >= 11 is 0. The van der Waals surface area contributed by atoms with Crippen LogP contribution < -0.4 is 5.69 Å². The number of hydrogen-bond donors (Lipinski definition) is 0. The lowest BCUT2D eigenvalue weighted by Crippen LogP contribution is -2.54. The molecule has 0 saturated carbocycles. The van der Waals surface area contributed by atoms with Crippen LogP contribution in [-0.4, -0.2) is 44.4 Å².